The fourth-order valence-corrected chi connectivity index (χ4v) is 8.31. The van der Waals surface area contributed by atoms with Gasteiger partial charge in [0.15, 0.2) is 5.78 Å². The predicted octanol–water partition coefficient (Wildman–Crippen LogP) is 3.13. The van der Waals surface area contributed by atoms with Gasteiger partial charge in [0.1, 0.15) is 11.3 Å². The molecule has 6 amide bonds. The zero-order valence-electron chi connectivity index (χ0n) is 46.2. The summed E-state index contributed by atoms with van der Waals surface area (Å²) in [7, 11) is 0. The molecule has 0 fully saturated rings. The summed E-state index contributed by atoms with van der Waals surface area (Å²) in [5.41, 5.74) is -0.287. The average molecular weight is 1210 g/mol. The van der Waals surface area contributed by atoms with Crippen molar-refractivity contribution in [1.29, 1.82) is 0 Å². The van der Waals surface area contributed by atoms with E-state index in [1.165, 1.54) is 48.5 Å². The maximum Gasteiger partial charge on any atom is 0.251 e. The van der Waals surface area contributed by atoms with E-state index in [2.05, 4.69) is 50.7 Å². The van der Waals surface area contributed by atoms with E-state index in [1.807, 2.05) is 0 Å². The average Bonchev–Trinajstić information content (AvgIpc) is 3.52. The minimum Gasteiger partial charge on any atom is -0.755 e. The van der Waals surface area contributed by atoms with E-state index >= 15 is 0 Å². The second-order valence-corrected chi connectivity index (χ2v) is 21.6. The third-order valence-electron chi connectivity index (χ3n) is 11.7. The van der Waals surface area contributed by atoms with Crippen molar-refractivity contribution >= 4 is 93.0 Å². The van der Waals surface area contributed by atoms with Gasteiger partial charge >= 0.3 is 0 Å². The third kappa shape index (κ3) is 30.7. The summed E-state index contributed by atoms with van der Waals surface area (Å²) in [5.74, 6) is 2.49. The fourth-order valence-electron chi connectivity index (χ4n) is 7.29. The smallest absolute Gasteiger partial charge is 0.251 e. The van der Waals surface area contributed by atoms with Crippen molar-refractivity contribution in [2.24, 2.45) is 11.3 Å². The molecule has 0 saturated heterocycles. The molecular weight excluding hydrogens is 1130 g/mol. The van der Waals surface area contributed by atoms with E-state index in [1.54, 1.807) is 45.0 Å². The summed E-state index contributed by atoms with van der Waals surface area (Å²) >= 11 is -4.12. The SMILES string of the molecule is CC(C)(C)C(=O)CCCC(=O)NC(COCCC(=O)NCCCCC(=O)c1ccc(SOON)cc1)(COCCC(=O)NCCCNC(=O)c1ccc(NS(=O)[O-])cc1)COCCC(=O)NCCCNC(=O)c1ccc(NS(=O)[O-])cc1. The van der Waals surface area contributed by atoms with Crippen LogP contribution in [0.1, 0.15) is 122 Å². The summed E-state index contributed by atoms with van der Waals surface area (Å²) in [6.07, 6.45) is 2.21. The Bertz CT molecular complexity index is 2440. The normalized spacial score (nSPS) is 12.7. The number of ether oxygens (including phenoxy) is 3. The lowest BCUT2D eigenvalue weighted by Gasteiger charge is -2.34. The van der Waals surface area contributed by atoms with Crippen LogP contribution in [-0.2, 0) is 70.0 Å². The molecule has 2 atom stereocenters. The predicted molar refractivity (Wildman–Crippen MR) is 303 cm³/mol. The van der Waals surface area contributed by atoms with Gasteiger partial charge in [-0.25, -0.2) is 0 Å². The van der Waals surface area contributed by atoms with E-state index in [0.717, 1.165) is 12.0 Å². The Balaban J connectivity index is 1.57. The highest BCUT2D eigenvalue weighted by Gasteiger charge is 2.34. The second-order valence-electron chi connectivity index (χ2n) is 19.5. The van der Waals surface area contributed by atoms with Gasteiger partial charge in [-0.3, -0.25) is 46.8 Å². The topological polar surface area (TPSA) is 385 Å². The summed E-state index contributed by atoms with van der Waals surface area (Å²) in [6, 6.07) is 18.3. The number of amides is 6. The maximum absolute atomic E-state index is 13.6. The van der Waals surface area contributed by atoms with Crippen molar-refractivity contribution in [1.82, 2.24) is 31.9 Å². The number of hydrogen-bond donors (Lipinski definition) is 9. The number of unbranched alkanes of at least 4 members (excludes halogenated alkanes) is 1. The van der Waals surface area contributed by atoms with Gasteiger partial charge < -0.3 is 64.7 Å². The zero-order valence-corrected chi connectivity index (χ0v) is 48.7. The number of nitrogens with two attached hydrogens (primary N) is 1. The van der Waals surface area contributed by atoms with Gasteiger partial charge in [-0.1, -0.05) is 32.9 Å². The van der Waals surface area contributed by atoms with Crippen LogP contribution in [-0.4, -0.2) is 142 Å². The monoisotopic (exact) mass is 1210 g/mol. The lowest BCUT2D eigenvalue weighted by Crippen LogP contribution is -2.58. The number of ketones is 2. The largest absolute Gasteiger partial charge is 0.755 e. The van der Waals surface area contributed by atoms with Crippen molar-refractivity contribution in [3.05, 3.63) is 89.5 Å². The molecule has 3 rings (SSSR count). The molecule has 0 aliphatic carbocycles. The molecule has 2 unspecified atom stereocenters. The van der Waals surface area contributed by atoms with E-state index < -0.39 is 39.4 Å². The molecule has 0 aliphatic heterocycles. The van der Waals surface area contributed by atoms with Gasteiger partial charge in [0, 0.05) is 132 Å². The van der Waals surface area contributed by atoms with Crippen LogP contribution in [0.2, 0.25) is 0 Å². The van der Waals surface area contributed by atoms with Crippen molar-refractivity contribution in [2.45, 2.75) is 102 Å². The minimum absolute atomic E-state index is 0.0242. The van der Waals surface area contributed by atoms with Crippen LogP contribution in [0.4, 0.5) is 11.4 Å². The maximum atomic E-state index is 13.6. The zero-order chi connectivity index (χ0) is 60.2. The molecule has 0 radical (unpaired) electrons. The van der Waals surface area contributed by atoms with Gasteiger partial charge in [0.2, 0.25) is 23.6 Å². The standard InChI is InChI=1S/C53H77N9O17S3/c1-52(2,3)45(64)10-6-11-49(68)60-53(35-75-32-24-46(65)55-27-5-4-9-44(63)38-16-22-43(23-17-38)80-79-78-54,36-76-33-25-47(66)56-28-7-30-58-50(69)39-12-18-41(19-13-39)61-81(71)72)37-77-34-26-48(67)57-29-8-31-59-51(70)40-14-20-42(21-15-40)62-82(73)74/h12-23,61-62H,4-11,24-37,54H2,1-3H3,(H,55,65)(H,56,66)(H,57,67)(H,58,69)(H,59,70)(H,60,68)(H,71,72)(H,73,74)/p-2. The quantitative estimate of drug-likeness (QED) is 0.00981. The number of benzene rings is 3. The molecule has 3 aromatic carbocycles. The molecule has 3 aromatic rings. The Labute approximate surface area is 486 Å². The van der Waals surface area contributed by atoms with Gasteiger partial charge in [-0.2, -0.15) is 5.90 Å². The van der Waals surface area contributed by atoms with Crippen molar-refractivity contribution in [2.75, 3.05) is 81.8 Å². The summed E-state index contributed by atoms with van der Waals surface area (Å²) in [5, 5.41) is 16.7. The first-order chi connectivity index (χ1) is 39.2. The fraction of sp³-hybridized carbons (Fsp3) is 0.509. The molecule has 26 nitrogen and oxygen atoms in total. The Morgan fingerprint density at radius 3 is 1.33 bits per heavy atom. The summed E-state index contributed by atoms with van der Waals surface area (Å²) in [4.78, 5) is 107. The summed E-state index contributed by atoms with van der Waals surface area (Å²) in [6.45, 7) is 5.56. The van der Waals surface area contributed by atoms with Gasteiger partial charge in [-0.15, -0.1) is 9.32 Å². The molecule has 0 spiro atoms. The Morgan fingerprint density at radius 2 is 0.915 bits per heavy atom. The van der Waals surface area contributed by atoms with Crippen molar-refractivity contribution < 1.29 is 79.4 Å². The molecule has 454 valence electrons. The van der Waals surface area contributed by atoms with E-state index in [9.17, 15) is 55.9 Å². The van der Waals surface area contributed by atoms with E-state index in [4.69, 9.17) is 20.1 Å². The Morgan fingerprint density at radius 1 is 0.500 bits per heavy atom. The molecular formula is C53H75N9O17S3-2. The third-order valence-corrected chi connectivity index (χ3v) is 13.1. The first kappa shape index (κ1) is 70.0. The molecule has 29 heteroatoms. The minimum atomic E-state index is -2.51. The number of Topliss-reactive ketones (excluding diaryl/α,β-unsaturated/α-hetero) is 2. The van der Waals surface area contributed by atoms with Crippen LogP contribution < -0.4 is 47.2 Å². The summed E-state index contributed by atoms with van der Waals surface area (Å²) < 4.78 is 70.4. The van der Waals surface area contributed by atoms with Crippen molar-refractivity contribution in [3.8, 4) is 0 Å². The van der Waals surface area contributed by atoms with Crippen LogP contribution in [0.15, 0.2) is 77.7 Å². The Hall–Kier alpha value is -6.25. The lowest BCUT2D eigenvalue weighted by molar-refractivity contribution is -0.195. The molecule has 0 aliphatic rings. The molecule has 0 bridgehead atoms. The Kier molecular flexibility index (Phi) is 33.5. The van der Waals surface area contributed by atoms with Crippen LogP contribution in [0.3, 0.4) is 0 Å². The van der Waals surface area contributed by atoms with Crippen LogP contribution in [0, 0.1) is 5.41 Å². The van der Waals surface area contributed by atoms with Gasteiger partial charge in [0.05, 0.1) is 51.7 Å². The van der Waals surface area contributed by atoms with Gasteiger partial charge in [0.25, 0.3) is 11.8 Å². The van der Waals surface area contributed by atoms with E-state index in [-0.39, 0.29) is 152 Å². The number of nitrogens with one attached hydrogen (secondary N) is 8. The molecule has 0 aromatic heterocycles. The molecule has 0 heterocycles. The molecule has 10 N–H and O–H groups in total. The van der Waals surface area contributed by atoms with Crippen molar-refractivity contribution in [3.63, 3.8) is 0 Å². The van der Waals surface area contributed by atoms with Crippen LogP contribution >= 0.6 is 12.0 Å². The first-order valence-electron chi connectivity index (χ1n) is 26.4. The molecule has 82 heavy (non-hydrogen) atoms. The van der Waals surface area contributed by atoms with Crippen LogP contribution in [0.25, 0.3) is 0 Å². The first-order valence-corrected chi connectivity index (χ1v) is 29.3. The lowest BCUT2D eigenvalue weighted by atomic mass is 9.88. The van der Waals surface area contributed by atoms with E-state index in [0.29, 0.717) is 65.2 Å². The highest BCUT2D eigenvalue weighted by molar-refractivity contribution is 7.94. The molecule has 0 saturated carbocycles. The number of carbonyl (C=O) groups excluding carboxylic acids is 8. The second kappa shape index (κ2) is 39.3. The highest BCUT2D eigenvalue weighted by Crippen LogP contribution is 2.21. The van der Waals surface area contributed by atoms with Crippen LogP contribution in [0.5, 0.6) is 0 Å². The highest BCUT2D eigenvalue weighted by atomic mass is 32.2. The number of carbonyl (C=O) groups is 8. The number of rotatable bonds is 43. The van der Waals surface area contributed by atoms with Gasteiger partial charge in [-0.05, 0) is 92.8 Å². The number of anilines is 2. The number of hydrogen-bond acceptors (Lipinski definition) is 19.